The second-order valence-electron chi connectivity index (χ2n) is 5.00. The predicted octanol–water partition coefficient (Wildman–Crippen LogP) is 1.83. The second-order valence-corrected chi connectivity index (χ2v) is 5.00. The van der Waals surface area contributed by atoms with Crippen molar-refractivity contribution in [2.45, 2.75) is 44.1 Å². The predicted molar refractivity (Wildman–Crippen MR) is 59.6 cm³/mol. The van der Waals surface area contributed by atoms with Crippen LogP contribution in [-0.2, 0) is 0 Å². The van der Waals surface area contributed by atoms with Gasteiger partial charge in [-0.25, -0.2) is 8.78 Å². The van der Waals surface area contributed by atoms with E-state index in [-0.39, 0.29) is 18.8 Å². The van der Waals surface area contributed by atoms with Crippen molar-refractivity contribution in [3.63, 3.8) is 0 Å². The summed E-state index contributed by atoms with van der Waals surface area (Å²) < 4.78 is 25.1. The summed E-state index contributed by atoms with van der Waals surface area (Å²) in [6, 6.07) is 0.553. The van der Waals surface area contributed by atoms with Crippen LogP contribution < -0.4 is 5.73 Å². The van der Waals surface area contributed by atoms with Crippen molar-refractivity contribution < 1.29 is 8.78 Å². The summed E-state index contributed by atoms with van der Waals surface area (Å²) in [5.74, 6) is -1.73. The van der Waals surface area contributed by atoms with E-state index in [1.807, 2.05) is 11.9 Å². The number of hydrogen-bond acceptors (Lipinski definition) is 1. The fourth-order valence-electron chi connectivity index (χ4n) is 2.11. The first-order valence-corrected chi connectivity index (χ1v) is 5.88. The van der Waals surface area contributed by atoms with Gasteiger partial charge in [-0.15, -0.1) is 0 Å². The lowest BCUT2D eigenvalue weighted by Crippen LogP contribution is -2.37. The Morgan fingerprint density at radius 3 is 2.56 bits per heavy atom. The largest absolute Gasteiger partial charge is 0.370 e. The van der Waals surface area contributed by atoms with Gasteiger partial charge in [0.15, 0.2) is 5.96 Å². The minimum absolute atomic E-state index is 0.0287. The zero-order valence-corrected chi connectivity index (χ0v) is 9.63. The number of nitrogens with zero attached hydrogens (tertiary/aromatic N) is 2. The molecule has 92 valence electrons. The van der Waals surface area contributed by atoms with Crippen LogP contribution in [0.1, 0.15) is 32.1 Å². The molecular weight excluding hydrogens is 212 g/mol. The molecule has 0 spiro atoms. The summed E-state index contributed by atoms with van der Waals surface area (Å²) in [5, 5.41) is 0. The molecule has 0 bridgehead atoms. The summed E-state index contributed by atoms with van der Waals surface area (Å²) in [6.45, 7) is 0.573. The van der Waals surface area contributed by atoms with E-state index in [9.17, 15) is 8.78 Å². The monoisotopic (exact) mass is 231 g/mol. The van der Waals surface area contributed by atoms with Gasteiger partial charge in [0.05, 0.1) is 0 Å². The summed E-state index contributed by atoms with van der Waals surface area (Å²) in [6.07, 6.45) is 3.15. The molecule has 0 saturated heterocycles. The maximum atomic E-state index is 12.5. The van der Waals surface area contributed by atoms with Gasteiger partial charge in [-0.05, 0) is 25.2 Å². The Hall–Kier alpha value is -0.870. The zero-order valence-electron chi connectivity index (χ0n) is 9.63. The number of guanidine groups is 1. The Morgan fingerprint density at radius 2 is 2.06 bits per heavy atom. The smallest absolute Gasteiger partial charge is 0.248 e. The Labute approximate surface area is 94.7 Å². The fourth-order valence-corrected chi connectivity index (χ4v) is 2.11. The molecule has 2 rings (SSSR count). The van der Waals surface area contributed by atoms with Gasteiger partial charge in [0.25, 0.3) is 0 Å². The van der Waals surface area contributed by atoms with Crippen molar-refractivity contribution in [1.29, 1.82) is 0 Å². The number of halogens is 2. The van der Waals surface area contributed by atoms with Crippen molar-refractivity contribution >= 4 is 5.96 Å². The number of hydrogen-bond donors (Lipinski definition) is 1. The molecule has 5 heteroatoms. The number of nitrogens with two attached hydrogens (primary N) is 1. The molecule has 0 aromatic carbocycles. The third kappa shape index (κ3) is 2.83. The average molecular weight is 231 g/mol. The lowest BCUT2D eigenvalue weighted by molar-refractivity contribution is -0.111. The number of rotatable bonds is 4. The van der Waals surface area contributed by atoms with Gasteiger partial charge >= 0.3 is 0 Å². The van der Waals surface area contributed by atoms with Crippen LogP contribution >= 0.6 is 0 Å². The molecule has 2 saturated carbocycles. The average Bonchev–Trinajstić information content (AvgIpc) is 2.96. The van der Waals surface area contributed by atoms with Crippen molar-refractivity contribution in [3.05, 3.63) is 0 Å². The number of alkyl halides is 2. The van der Waals surface area contributed by atoms with E-state index in [0.29, 0.717) is 18.5 Å². The van der Waals surface area contributed by atoms with Crippen molar-refractivity contribution in [2.24, 2.45) is 16.6 Å². The van der Waals surface area contributed by atoms with E-state index in [0.717, 1.165) is 6.42 Å². The van der Waals surface area contributed by atoms with E-state index < -0.39 is 5.92 Å². The first kappa shape index (κ1) is 11.6. The molecule has 16 heavy (non-hydrogen) atoms. The van der Waals surface area contributed by atoms with Gasteiger partial charge < -0.3 is 10.6 Å². The minimum atomic E-state index is -2.41. The van der Waals surface area contributed by atoms with Crippen molar-refractivity contribution in [1.82, 2.24) is 4.90 Å². The van der Waals surface area contributed by atoms with Crippen LogP contribution in [0.25, 0.3) is 0 Å². The van der Waals surface area contributed by atoms with E-state index in [1.54, 1.807) is 0 Å². The Bertz CT molecular complexity index is 279. The van der Waals surface area contributed by atoms with Crippen LogP contribution in [0.3, 0.4) is 0 Å². The third-order valence-corrected chi connectivity index (χ3v) is 3.44. The van der Waals surface area contributed by atoms with Crippen LogP contribution in [0, 0.1) is 5.92 Å². The molecule has 0 atom stereocenters. The Kier molecular flexibility index (Phi) is 3.04. The summed E-state index contributed by atoms with van der Waals surface area (Å²) in [7, 11) is 1.94. The first-order valence-electron chi connectivity index (χ1n) is 5.88. The lowest BCUT2D eigenvalue weighted by Gasteiger charge is -2.34. The van der Waals surface area contributed by atoms with Crippen LogP contribution in [0.15, 0.2) is 4.99 Å². The molecule has 0 heterocycles. The normalized spacial score (nSPS) is 25.3. The fraction of sp³-hybridized carbons (Fsp3) is 0.909. The first-order chi connectivity index (χ1) is 7.48. The topological polar surface area (TPSA) is 41.6 Å². The van der Waals surface area contributed by atoms with E-state index in [1.165, 1.54) is 12.8 Å². The lowest BCUT2D eigenvalue weighted by atomic mass is 9.79. The number of aliphatic imine (C=N–C) groups is 1. The van der Waals surface area contributed by atoms with E-state index in [2.05, 4.69) is 4.99 Å². The van der Waals surface area contributed by atoms with Gasteiger partial charge in [0.1, 0.15) is 0 Å². The summed E-state index contributed by atoms with van der Waals surface area (Å²) >= 11 is 0. The van der Waals surface area contributed by atoms with Crippen LogP contribution in [0.5, 0.6) is 0 Å². The SMILES string of the molecule is CN(C(N)=NCCC1CC(F)(F)C1)C1CC1. The molecule has 0 aromatic heterocycles. The Balaban J connectivity index is 1.65. The molecule has 2 N–H and O–H groups in total. The highest BCUT2D eigenvalue weighted by molar-refractivity contribution is 5.78. The highest BCUT2D eigenvalue weighted by Crippen LogP contribution is 2.43. The maximum Gasteiger partial charge on any atom is 0.248 e. The van der Waals surface area contributed by atoms with Crippen molar-refractivity contribution in [2.75, 3.05) is 13.6 Å². The molecule has 3 nitrogen and oxygen atoms in total. The standard InChI is InChI=1S/C11H19F2N3/c1-16(9-2-3-9)10(14)15-5-4-8-6-11(12,13)7-8/h8-9H,2-7H2,1H3,(H2,14,15). The molecule has 0 aliphatic heterocycles. The summed E-state index contributed by atoms with van der Waals surface area (Å²) in [4.78, 5) is 6.21. The van der Waals surface area contributed by atoms with Crippen LogP contribution in [0.4, 0.5) is 8.78 Å². The minimum Gasteiger partial charge on any atom is -0.370 e. The van der Waals surface area contributed by atoms with Gasteiger partial charge in [-0.2, -0.15) is 0 Å². The molecule has 0 amide bonds. The maximum absolute atomic E-state index is 12.5. The Morgan fingerprint density at radius 1 is 1.44 bits per heavy atom. The molecule has 0 aromatic rings. The van der Waals surface area contributed by atoms with Gasteiger partial charge in [0.2, 0.25) is 5.92 Å². The van der Waals surface area contributed by atoms with Crippen LogP contribution in [0.2, 0.25) is 0 Å². The van der Waals surface area contributed by atoms with E-state index in [4.69, 9.17) is 5.73 Å². The zero-order chi connectivity index (χ0) is 11.8. The van der Waals surface area contributed by atoms with Gasteiger partial charge in [-0.3, -0.25) is 4.99 Å². The molecule has 2 aliphatic rings. The quantitative estimate of drug-likeness (QED) is 0.592. The molecule has 0 radical (unpaired) electrons. The molecule has 2 aliphatic carbocycles. The van der Waals surface area contributed by atoms with Crippen molar-refractivity contribution in [3.8, 4) is 0 Å². The third-order valence-electron chi connectivity index (χ3n) is 3.44. The van der Waals surface area contributed by atoms with Gasteiger partial charge in [0, 0.05) is 32.5 Å². The molecule has 2 fully saturated rings. The second kappa shape index (κ2) is 4.18. The van der Waals surface area contributed by atoms with E-state index >= 15 is 0 Å². The molecule has 0 unspecified atom stereocenters. The molecular formula is C11H19F2N3. The highest BCUT2D eigenvalue weighted by Gasteiger charge is 2.44. The van der Waals surface area contributed by atoms with Gasteiger partial charge in [-0.1, -0.05) is 0 Å². The van der Waals surface area contributed by atoms with Crippen LogP contribution in [-0.4, -0.2) is 36.4 Å². The highest BCUT2D eigenvalue weighted by atomic mass is 19.3. The summed E-state index contributed by atoms with van der Waals surface area (Å²) in [5.41, 5.74) is 5.78.